The third-order valence-corrected chi connectivity index (χ3v) is 3.22. The number of nitrogens with zero attached hydrogens (tertiary/aromatic N) is 2. The summed E-state index contributed by atoms with van der Waals surface area (Å²) in [5, 5.41) is 16.2. The molecule has 0 saturated heterocycles. The summed E-state index contributed by atoms with van der Waals surface area (Å²) in [5.74, 6) is 0. The molecule has 0 N–H and O–H groups in total. The van der Waals surface area contributed by atoms with Crippen LogP contribution in [0.25, 0.3) is 0 Å². The minimum absolute atomic E-state index is 0.552. The summed E-state index contributed by atoms with van der Waals surface area (Å²) >= 11 is 0. The zero-order chi connectivity index (χ0) is 14.2. The van der Waals surface area contributed by atoms with Gasteiger partial charge in [0.2, 0.25) is 5.69 Å². The van der Waals surface area contributed by atoms with Crippen molar-refractivity contribution in [1.82, 2.24) is 0 Å². The van der Waals surface area contributed by atoms with E-state index in [-0.39, 0.29) is 0 Å². The first kappa shape index (κ1) is 14.3. The number of rotatable bonds is 6. The van der Waals surface area contributed by atoms with Crippen molar-refractivity contribution in [2.24, 2.45) is 5.11 Å². The van der Waals surface area contributed by atoms with E-state index < -0.39 is 0 Å². The maximum Gasteiger partial charge on any atom is 0.244 e. The molecule has 0 aliphatic carbocycles. The standard InChI is InChI=1S/C17H20N2O/c1-2-3-5-10-15-11-8-9-14-17(15)18-19(20)16-12-6-4-7-13-16/h4,6-9,11-14H,2-3,5,10H2,1H3. The van der Waals surface area contributed by atoms with Crippen LogP contribution in [0, 0.1) is 5.21 Å². The van der Waals surface area contributed by atoms with Crippen LogP contribution in [0.4, 0.5) is 11.4 Å². The molecule has 0 aromatic heterocycles. The summed E-state index contributed by atoms with van der Waals surface area (Å²) in [7, 11) is 0. The Hall–Kier alpha value is -2.16. The van der Waals surface area contributed by atoms with Gasteiger partial charge in [-0.3, -0.25) is 0 Å². The number of aryl methyl sites for hydroxylation is 1. The van der Waals surface area contributed by atoms with Gasteiger partial charge in [0.1, 0.15) is 5.69 Å². The van der Waals surface area contributed by atoms with Crippen molar-refractivity contribution < 1.29 is 4.86 Å². The molecule has 0 aliphatic heterocycles. The highest BCUT2D eigenvalue weighted by atomic mass is 16.5. The minimum atomic E-state index is 0.552. The van der Waals surface area contributed by atoms with Crippen LogP contribution < -0.4 is 0 Å². The summed E-state index contributed by atoms with van der Waals surface area (Å²) in [4.78, 5) is 0.693. The smallest absolute Gasteiger partial charge is 0.244 e. The summed E-state index contributed by atoms with van der Waals surface area (Å²) in [6.45, 7) is 2.19. The fourth-order valence-electron chi connectivity index (χ4n) is 2.10. The van der Waals surface area contributed by atoms with Crippen LogP contribution in [-0.4, -0.2) is 4.86 Å². The van der Waals surface area contributed by atoms with Crippen molar-refractivity contribution in [3.05, 3.63) is 65.4 Å². The largest absolute Gasteiger partial charge is 0.594 e. The lowest BCUT2D eigenvalue weighted by Gasteiger charge is -2.04. The highest BCUT2D eigenvalue weighted by Gasteiger charge is 2.06. The molecule has 0 bridgehead atoms. The first-order valence-electron chi connectivity index (χ1n) is 7.13. The van der Waals surface area contributed by atoms with Gasteiger partial charge in [-0.2, -0.15) is 0 Å². The van der Waals surface area contributed by atoms with E-state index in [4.69, 9.17) is 0 Å². The maximum absolute atomic E-state index is 12.0. The number of para-hydroxylation sites is 1. The van der Waals surface area contributed by atoms with Gasteiger partial charge in [-0.25, -0.2) is 0 Å². The van der Waals surface area contributed by atoms with Crippen molar-refractivity contribution in [2.45, 2.75) is 32.6 Å². The predicted molar refractivity (Wildman–Crippen MR) is 81.5 cm³/mol. The Kier molecular flexibility index (Phi) is 5.30. The number of azo groups is 1. The Bertz CT molecular complexity index is 564. The van der Waals surface area contributed by atoms with Gasteiger partial charge in [0.25, 0.3) is 0 Å². The van der Waals surface area contributed by atoms with E-state index in [1.807, 2.05) is 42.5 Å². The van der Waals surface area contributed by atoms with Gasteiger partial charge >= 0.3 is 0 Å². The first-order valence-corrected chi connectivity index (χ1v) is 7.13. The minimum Gasteiger partial charge on any atom is -0.594 e. The molecular formula is C17H20N2O. The summed E-state index contributed by atoms with van der Waals surface area (Å²) in [5.41, 5.74) is 2.45. The molecule has 0 unspecified atom stereocenters. The van der Waals surface area contributed by atoms with E-state index in [0.717, 1.165) is 24.1 Å². The van der Waals surface area contributed by atoms with Crippen molar-refractivity contribution in [3.63, 3.8) is 0 Å². The van der Waals surface area contributed by atoms with Crippen molar-refractivity contribution in [3.8, 4) is 0 Å². The fourth-order valence-corrected chi connectivity index (χ4v) is 2.10. The van der Waals surface area contributed by atoms with E-state index in [1.54, 1.807) is 12.1 Å². The molecule has 0 spiro atoms. The van der Waals surface area contributed by atoms with Crippen LogP contribution in [0.2, 0.25) is 0 Å². The van der Waals surface area contributed by atoms with E-state index in [9.17, 15) is 5.21 Å². The predicted octanol–water partition coefficient (Wildman–Crippen LogP) is 5.35. The normalized spacial score (nSPS) is 11.6. The number of unbranched alkanes of at least 4 members (excludes halogenated alkanes) is 2. The second-order valence-corrected chi connectivity index (χ2v) is 4.79. The Balaban J connectivity index is 2.20. The molecule has 2 rings (SSSR count). The molecule has 0 saturated carbocycles. The second kappa shape index (κ2) is 7.43. The molecule has 3 nitrogen and oxygen atoms in total. The lowest BCUT2D eigenvalue weighted by molar-refractivity contribution is -0.435. The average Bonchev–Trinajstić information content (AvgIpc) is 2.50. The Labute approximate surface area is 120 Å². The van der Waals surface area contributed by atoms with Gasteiger partial charge in [0, 0.05) is 17.2 Å². The summed E-state index contributed by atoms with van der Waals surface area (Å²) < 4.78 is 0. The highest BCUT2D eigenvalue weighted by molar-refractivity contribution is 5.45. The quantitative estimate of drug-likeness (QED) is 0.301. The molecule has 2 aromatic rings. The molecule has 104 valence electrons. The lowest BCUT2D eigenvalue weighted by atomic mass is 10.1. The van der Waals surface area contributed by atoms with Crippen LogP contribution in [0.1, 0.15) is 31.7 Å². The van der Waals surface area contributed by atoms with Crippen LogP contribution >= 0.6 is 0 Å². The van der Waals surface area contributed by atoms with Gasteiger partial charge in [-0.05, 0) is 24.5 Å². The van der Waals surface area contributed by atoms with Crippen molar-refractivity contribution in [1.29, 1.82) is 0 Å². The zero-order valence-corrected chi connectivity index (χ0v) is 11.8. The first-order chi connectivity index (χ1) is 9.81. The third kappa shape index (κ3) is 3.92. The maximum atomic E-state index is 12.0. The van der Waals surface area contributed by atoms with E-state index in [1.165, 1.54) is 12.8 Å². The Morgan fingerprint density at radius 2 is 1.65 bits per heavy atom. The second-order valence-electron chi connectivity index (χ2n) is 4.79. The molecule has 3 heteroatoms. The SMILES string of the molecule is CCCCCc1ccccc1N=[N+]([O-])c1ccccc1. The van der Waals surface area contributed by atoms with E-state index >= 15 is 0 Å². The molecule has 0 atom stereocenters. The Morgan fingerprint density at radius 3 is 2.40 bits per heavy atom. The van der Waals surface area contributed by atoms with Crippen LogP contribution in [0.15, 0.2) is 59.7 Å². The average molecular weight is 268 g/mol. The Morgan fingerprint density at radius 1 is 0.950 bits per heavy atom. The molecule has 0 heterocycles. The van der Waals surface area contributed by atoms with Gasteiger partial charge in [0.05, 0.1) is 0 Å². The van der Waals surface area contributed by atoms with Crippen molar-refractivity contribution in [2.75, 3.05) is 0 Å². The van der Waals surface area contributed by atoms with Crippen LogP contribution in [0.3, 0.4) is 0 Å². The van der Waals surface area contributed by atoms with Gasteiger partial charge in [0.15, 0.2) is 0 Å². The highest BCUT2D eigenvalue weighted by Crippen LogP contribution is 2.23. The van der Waals surface area contributed by atoms with E-state index in [0.29, 0.717) is 10.5 Å². The molecule has 0 fully saturated rings. The molecular weight excluding hydrogens is 248 g/mol. The molecule has 2 aromatic carbocycles. The van der Waals surface area contributed by atoms with E-state index in [2.05, 4.69) is 12.0 Å². The molecule has 0 amide bonds. The topological polar surface area (TPSA) is 38.4 Å². The molecule has 20 heavy (non-hydrogen) atoms. The number of hydrogen-bond donors (Lipinski definition) is 0. The monoisotopic (exact) mass is 268 g/mol. The fraction of sp³-hybridized carbons (Fsp3) is 0.294. The number of hydrogen-bond acceptors (Lipinski definition) is 2. The van der Waals surface area contributed by atoms with Crippen LogP contribution in [0.5, 0.6) is 0 Å². The summed E-state index contributed by atoms with van der Waals surface area (Å²) in [6.07, 6.45) is 4.49. The molecule has 0 aliphatic rings. The lowest BCUT2D eigenvalue weighted by Crippen LogP contribution is -1.92. The third-order valence-electron chi connectivity index (χ3n) is 3.22. The summed E-state index contributed by atoms with van der Waals surface area (Å²) in [6, 6.07) is 16.9. The molecule has 0 radical (unpaired) electrons. The number of benzene rings is 2. The van der Waals surface area contributed by atoms with Gasteiger partial charge < -0.3 is 5.21 Å². The van der Waals surface area contributed by atoms with Crippen LogP contribution in [-0.2, 0) is 6.42 Å². The van der Waals surface area contributed by atoms with Gasteiger partial charge in [-0.15, -0.1) is 0 Å². The van der Waals surface area contributed by atoms with Crippen molar-refractivity contribution >= 4 is 11.4 Å². The van der Waals surface area contributed by atoms with Gasteiger partial charge in [-0.1, -0.05) is 61.0 Å². The zero-order valence-electron chi connectivity index (χ0n) is 11.8.